The van der Waals surface area contributed by atoms with Crippen LogP contribution >= 0.6 is 0 Å². The Morgan fingerprint density at radius 1 is 1.41 bits per heavy atom. The average molecular weight is 237 g/mol. The van der Waals surface area contributed by atoms with Crippen LogP contribution < -0.4 is 0 Å². The van der Waals surface area contributed by atoms with Crippen LogP contribution in [0.1, 0.15) is 43.1 Å². The van der Waals surface area contributed by atoms with Gasteiger partial charge in [0.15, 0.2) is 0 Å². The molecule has 0 aliphatic rings. The van der Waals surface area contributed by atoms with Gasteiger partial charge in [0.1, 0.15) is 5.82 Å². The van der Waals surface area contributed by atoms with Gasteiger partial charge in [-0.05, 0) is 39.3 Å². The Balaban J connectivity index is 3.04. The summed E-state index contributed by atoms with van der Waals surface area (Å²) in [6.07, 6.45) is 0.872. The Morgan fingerprint density at radius 2 is 2.06 bits per heavy atom. The van der Waals surface area contributed by atoms with Gasteiger partial charge in [0, 0.05) is 12.6 Å². The van der Waals surface area contributed by atoms with E-state index in [1.165, 1.54) is 6.07 Å². The van der Waals surface area contributed by atoms with E-state index < -0.39 is 5.82 Å². The highest BCUT2D eigenvalue weighted by atomic mass is 19.1. The number of hydrogen-bond acceptors (Lipinski definition) is 1. The summed E-state index contributed by atoms with van der Waals surface area (Å²) in [7, 11) is 0. The summed E-state index contributed by atoms with van der Waals surface area (Å²) in [5.74, 6) is -0.662. The molecule has 0 spiro atoms. The molecule has 0 aliphatic carbocycles. The molecule has 3 heteroatoms. The fraction of sp³-hybridized carbons (Fsp3) is 0.500. The van der Waals surface area contributed by atoms with Crippen molar-refractivity contribution < 1.29 is 9.18 Å². The maximum atomic E-state index is 13.6. The predicted octanol–water partition coefficient (Wildman–Crippen LogP) is 3.39. The van der Waals surface area contributed by atoms with Crippen molar-refractivity contribution in [3.8, 4) is 0 Å². The summed E-state index contributed by atoms with van der Waals surface area (Å²) in [5, 5.41) is 0. The number of rotatable bonds is 4. The number of aryl methyl sites for hydroxylation is 1. The molecule has 0 radical (unpaired) electrons. The lowest BCUT2D eigenvalue weighted by atomic mass is 10.1. The van der Waals surface area contributed by atoms with Crippen molar-refractivity contribution in [2.75, 3.05) is 6.54 Å². The predicted molar refractivity (Wildman–Crippen MR) is 67.6 cm³/mol. The SMILES string of the molecule is CCCN(C(=O)c1cc(C)ccc1F)C(C)C. The number of hydrogen-bond donors (Lipinski definition) is 0. The van der Waals surface area contributed by atoms with Crippen molar-refractivity contribution in [1.29, 1.82) is 0 Å². The Bertz CT molecular complexity index is 401. The van der Waals surface area contributed by atoms with E-state index in [2.05, 4.69) is 0 Å². The van der Waals surface area contributed by atoms with Gasteiger partial charge in [0.25, 0.3) is 5.91 Å². The Kier molecular flexibility index (Phi) is 4.67. The van der Waals surface area contributed by atoms with Crippen LogP contribution in [0.3, 0.4) is 0 Å². The Hall–Kier alpha value is -1.38. The molecule has 1 aromatic rings. The van der Waals surface area contributed by atoms with E-state index in [0.717, 1.165) is 12.0 Å². The van der Waals surface area contributed by atoms with Crippen molar-refractivity contribution in [3.63, 3.8) is 0 Å². The summed E-state index contributed by atoms with van der Waals surface area (Å²) in [6, 6.07) is 4.73. The number of carbonyl (C=O) groups is 1. The molecule has 0 unspecified atom stereocenters. The molecule has 0 bridgehead atoms. The number of halogens is 1. The van der Waals surface area contributed by atoms with Crippen molar-refractivity contribution in [3.05, 3.63) is 35.1 Å². The van der Waals surface area contributed by atoms with Crippen LogP contribution in [-0.2, 0) is 0 Å². The van der Waals surface area contributed by atoms with Crippen LogP contribution in [-0.4, -0.2) is 23.4 Å². The largest absolute Gasteiger partial charge is 0.336 e. The monoisotopic (exact) mass is 237 g/mol. The molecule has 17 heavy (non-hydrogen) atoms. The minimum atomic E-state index is -0.442. The molecule has 0 saturated heterocycles. The molecule has 2 nitrogen and oxygen atoms in total. The van der Waals surface area contributed by atoms with E-state index >= 15 is 0 Å². The molecule has 0 aliphatic heterocycles. The highest BCUT2D eigenvalue weighted by Gasteiger charge is 2.20. The van der Waals surface area contributed by atoms with E-state index in [1.54, 1.807) is 17.0 Å². The first-order valence-electron chi connectivity index (χ1n) is 6.04. The molecule has 0 fully saturated rings. The van der Waals surface area contributed by atoms with Crippen LogP contribution in [0.5, 0.6) is 0 Å². The number of benzene rings is 1. The average Bonchev–Trinajstić information content (AvgIpc) is 2.28. The fourth-order valence-electron chi connectivity index (χ4n) is 1.79. The lowest BCUT2D eigenvalue weighted by molar-refractivity contribution is 0.0701. The van der Waals surface area contributed by atoms with Gasteiger partial charge in [-0.25, -0.2) is 4.39 Å². The summed E-state index contributed by atoms with van der Waals surface area (Å²) in [5.41, 5.74) is 1.07. The molecular weight excluding hydrogens is 217 g/mol. The first-order chi connectivity index (χ1) is 7.97. The number of nitrogens with zero attached hydrogens (tertiary/aromatic N) is 1. The van der Waals surface area contributed by atoms with Crippen LogP contribution in [0.2, 0.25) is 0 Å². The van der Waals surface area contributed by atoms with Crippen molar-refractivity contribution in [2.45, 2.75) is 40.2 Å². The first-order valence-corrected chi connectivity index (χ1v) is 6.04. The van der Waals surface area contributed by atoms with Crippen LogP contribution in [0.25, 0.3) is 0 Å². The summed E-state index contributed by atoms with van der Waals surface area (Å²) in [4.78, 5) is 13.9. The van der Waals surface area contributed by atoms with Gasteiger partial charge in [-0.2, -0.15) is 0 Å². The molecule has 0 N–H and O–H groups in total. The molecule has 1 aromatic carbocycles. The third kappa shape index (κ3) is 3.29. The zero-order valence-corrected chi connectivity index (χ0v) is 11.0. The molecular formula is C14H20FNO. The second-order valence-corrected chi connectivity index (χ2v) is 4.58. The minimum absolute atomic E-state index is 0.0855. The minimum Gasteiger partial charge on any atom is -0.336 e. The maximum Gasteiger partial charge on any atom is 0.257 e. The van der Waals surface area contributed by atoms with Gasteiger partial charge in [0.05, 0.1) is 5.56 Å². The van der Waals surface area contributed by atoms with Gasteiger partial charge >= 0.3 is 0 Å². The number of carbonyl (C=O) groups excluding carboxylic acids is 1. The zero-order valence-electron chi connectivity index (χ0n) is 11.0. The fourth-order valence-corrected chi connectivity index (χ4v) is 1.79. The lowest BCUT2D eigenvalue weighted by Gasteiger charge is -2.26. The van der Waals surface area contributed by atoms with Gasteiger partial charge in [-0.15, -0.1) is 0 Å². The second-order valence-electron chi connectivity index (χ2n) is 4.58. The van der Waals surface area contributed by atoms with Crippen molar-refractivity contribution >= 4 is 5.91 Å². The van der Waals surface area contributed by atoms with E-state index in [1.807, 2.05) is 27.7 Å². The molecule has 1 amide bonds. The van der Waals surface area contributed by atoms with Crippen LogP contribution in [0.15, 0.2) is 18.2 Å². The third-order valence-corrected chi connectivity index (χ3v) is 2.70. The Labute approximate surface area is 102 Å². The standard InChI is InChI=1S/C14H20FNO/c1-5-8-16(10(2)3)14(17)12-9-11(4)6-7-13(12)15/h6-7,9-10H,5,8H2,1-4H3. The first kappa shape index (κ1) is 13.7. The summed E-state index contributed by atoms with van der Waals surface area (Å²) < 4.78 is 13.6. The lowest BCUT2D eigenvalue weighted by Crippen LogP contribution is -2.38. The number of amides is 1. The van der Waals surface area contributed by atoms with Crippen LogP contribution in [0.4, 0.5) is 4.39 Å². The van der Waals surface area contributed by atoms with Crippen LogP contribution in [0, 0.1) is 12.7 Å². The van der Waals surface area contributed by atoms with E-state index in [9.17, 15) is 9.18 Å². The molecule has 94 valence electrons. The van der Waals surface area contributed by atoms with Gasteiger partial charge in [-0.1, -0.05) is 18.6 Å². The second kappa shape index (κ2) is 5.80. The topological polar surface area (TPSA) is 20.3 Å². The van der Waals surface area contributed by atoms with Crippen molar-refractivity contribution in [2.24, 2.45) is 0 Å². The highest BCUT2D eigenvalue weighted by molar-refractivity contribution is 5.94. The van der Waals surface area contributed by atoms with Gasteiger partial charge in [-0.3, -0.25) is 4.79 Å². The quantitative estimate of drug-likeness (QED) is 0.786. The normalized spacial score (nSPS) is 10.7. The summed E-state index contributed by atoms with van der Waals surface area (Å²) in [6.45, 7) is 8.41. The summed E-state index contributed by atoms with van der Waals surface area (Å²) >= 11 is 0. The Morgan fingerprint density at radius 3 is 2.59 bits per heavy atom. The van der Waals surface area contributed by atoms with E-state index in [-0.39, 0.29) is 17.5 Å². The smallest absolute Gasteiger partial charge is 0.257 e. The molecule has 0 saturated carbocycles. The molecule has 0 heterocycles. The third-order valence-electron chi connectivity index (χ3n) is 2.70. The maximum absolute atomic E-state index is 13.6. The van der Waals surface area contributed by atoms with E-state index in [4.69, 9.17) is 0 Å². The van der Waals surface area contributed by atoms with E-state index in [0.29, 0.717) is 6.54 Å². The van der Waals surface area contributed by atoms with Gasteiger partial charge in [0.2, 0.25) is 0 Å². The molecule has 1 rings (SSSR count). The molecule has 0 atom stereocenters. The van der Waals surface area contributed by atoms with Gasteiger partial charge < -0.3 is 4.90 Å². The zero-order chi connectivity index (χ0) is 13.0. The van der Waals surface area contributed by atoms with Crippen molar-refractivity contribution in [1.82, 2.24) is 4.90 Å². The highest BCUT2D eigenvalue weighted by Crippen LogP contribution is 2.14. The molecule has 0 aromatic heterocycles.